The maximum absolute atomic E-state index is 3.56. The summed E-state index contributed by atoms with van der Waals surface area (Å²) in [5.74, 6) is 1.19. The molecular weight excluding hydrogens is 216 g/mol. The molecule has 16 heavy (non-hydrogen) atoms. The van der Waals surface area contributed by atoms with E-state index < -0.39 is 0 Å². The molecule has 1 saturated carbocycles. The van der Waals surface area contributed by atoms with Crippen molar-refractivity contribution < 1.29 is 0 Å². The van der Waals surface area contributed by atoms with Gasteiger partial charge in [0.1, 0.15) is 0 Å². The third-order valence-electron chi connectivity index (χ3n) is 3.14. The lowest BCUT2D eigenvalue weighted by molar-refractivity contribution is 0.682. The minimum atomic E-state index is 0.825. The van der Waals surface area contributed by atoms with Gasteiger partial charge in [-0.2, -0.15) is 0 Å². The number of hydrogen-bond donors (Lipinski definition) is 2. The van der Waals surface area contributed by atoms with Crippen molar-refractivity contribution >= 4 is 17.4 Å². The van der Waals surface area contributed by atoms with Gasteiger partial charge in [0.2, 0.25) is 0 Å². The van der Waals surface area contributed by atoms with Gasteiger partial charge in [0, 0.05) is 28.9 Å². The monoisotopic (exact) mass is 234 g/mol. The lowest BCUT2D eigenvalue weighted by atomic mass is 10.1. The van der Waals surface area contributed by atoms with Gasteiger partial charge in [0.15, 0.2) is 0 Å². The van der Waals surface area contributed by atoms with Gasteiger partial charge >= 0.3 is 0 Å². The molecule has 3 heteroatoms. The molecule has 3 rings (SSSR count). The lowest BCUT2D eigenvalue weighted by Gasteiger charge is -2.18. The molecule has 1 fully saturated rings. The zero-order valence-corrected chi connectivity index (χ0v) is 10.3. The number of benzene rings is 1. The quantitative estimate of drug-likeness (QED) is 0.837. The average molecular weight is 234 g/mol. The van der Waals surface area contributed by atoms with Gasteiger partial charge < -0.3 is 10.6 Å². The van der Waals surface area contributed by atoms with Crippen molar-refractivity contribution in [3.63, 3.8) is 0 Å². The molecule has 0 atom stereocenters. The summed E-state index contributed by atoms with van der Waals surface area (Å²) >= 11 is 1.96. The van der Waals surface area contributed by atoms with E-state index in [0.29, 0.717) is 0 Å². The second-order valence-corrected chi connectivity index (χ2v) is 5.72. The molecule has 1 aliphatic carbocycles. The van der Waals surface area contributed by atoms with Crippen molar-refractivity contribution in [2.45, 2.75) is 30.2 Å². The fourth-order valence-electron chi connectivity index (χ4n) is 2.05. The Balaban J connectivity index is 1.60. The van der Waals surface area contributed by atoms with Crippen LogP contribution < -0.4 is 10.6 Å². The Labute approximate surface area is 101 Å². The highest BCUT2D eigenvalue weighted by Crippen LogP contribution is 2.31. The molecule has 2 nitrogen and oxygen atoms in total. The van der Waals surface area contributed by atoms with Crippen molar-refractivity contribution in [1.82, 2.24) is 5.32 Å². The van der Waals surface area contributed by atoms with Crippen LogP contribution in [0.2, 0.25) is 0 Å². The van der Waals surface area contributed by atoms with E-state index in [9.17, 15) is 0 Å². The Kier molecular flexibility index (Phi) is 3.06. The zero-order chi connectivity index (χ0) is 10.8. The Morgan fingerprint density at radius 1 is 1.38 bits per heavy atom. The molecule has 1 aromatic carbocycles. The first-order valence-corrected chi connectivity index (χ1v) is 7.13. The van der Waals surface area contributed by atoms with Gasteiger partial charge in [-0.05, 0) is 43.5 Å². The first kappa shape index (κ1) is 10.5. The van der Waals surface area contributed by atoms with E-state index in [4.69, 9.17) is 0 Å². The van der Waals surface area contributed by atoms with Gasteiger partial charge in [-0.1, -0.05) is 6.07 Å². The smallest absolute Gasteiger partial charge is 0.0481 e. The maximum Gasteiger partial charge on any atom is 0.0481 e. The summed E-state index contributed by atoms with van der Waals surface area (Å²) in [6.45, 7) is 2.22. The van der Waals surface area contributed by atoms with Crippen molar-refractivity contribution in [3.8, 4) is 0 Å². The second kappa shape index (κ2) is 4.68. The lowest BCUT2D eigenvalue weighted by Crippen LogP contribution is -2.19. The molecule has 2 N–H and O–H groups in total. The molecule has 0 spiro atoms. The van der Waals surface area contributed by atoms with Crippen molar-refractivity contribution in [3.05, 3.63) is 23.8 Å². The van der Waals surface area contributed by atoms with E-state index in [1.165, 1.54) is 34.7 Å². The van der Waals surface area contributed by atoms with Crippen LogP contribution in [0.1, 0.15) is 18.4 Å². The number of nitrogens with one attached hydrogen (secondary N) is 2. The molecule has 2 aliphatic rings. The molecule has 0 radical (unpaired) electrons. The number of hydrogen-bond acceptors (Lipinski definition) is 3. The van der Waals surface area contributed by atoms with Gasteiger partial charge in [-0.15, -0.1) is 11.8 Å². The predicted molar refractivity (Wildman–Crippen MR) is 70.4 cm³/mol. The Morgan fingerprint density at radius 2 is 2.31 bits per heavy atom. The molecule has 0 unspecified atom stereocenters. The summed E-state index contributed by atoms with van der Waals surface area (Å²) in [5.41, 5.74) is 2.78. The van der Waals surface area contributed by atoms with Crippen LogP contribution >= 0.6 is 11.8 Å². The predicted octanol–water partition coefficient (Wildman–Crippen LogP) is 2.50. The normalized spacial score (nSPS) is 19.0. The Bertz CT molecular complexity index is 374. The maximum atomic E-state index is 3.56. The summed E-state index contributed by atoms with van der Waals surface area (Å²) in [4.78, 5) is 1.41. The van der Waals surface area contributed by atoms with E-state index in [2.05, 4.69) is 28.8 Å². The molecule has 86 valence electrons. The number of thioether (sulfide) groups is 1. The molecule has 0 saturated heterocycles. The Hall–Kier alpha value is -0.670. The van der Waals surface area contributed by atoms with E-state index in [-0.39, 0.29) is 0 Å². The van der Waals surface area contributed by atoms with Gasteiger partial charge in [0.25, 0.3) is 0 Å². The second-order valence-electron chi connectivity index (χ2n) is 4.58. The largest absolute Gasteiger partial charge is 0.383 e. The van der Waals surface area contributed by atoms with Crippen LogP contribution in [-0.2, 0) is 6.42 Å². The number of fused-ring (bicyclic) bond motifs is 1. The first-order valence-electron chi connectivity index (χ1n) is 6.15. The third-order valence-corrected chi connectivity index (χ3v) is 4.22. The SMILES string of the molecule is c1cc2c(cc1CCNC1CC1)NCCS2. The molecule has 1 aliphatic heterocycles. The summed E-state index contributed by atoms with van der Waals surface area (Å²) in [6.07, 6.45) is 3.90. The van der Waals surface area contributed by atoms with Crippen molar-refractivity contribution in [2.24, 2.45) is 0 Å². The summed E-state index contributed by atoms with van der Waals surface area (Å²) < 4.78 is 0. The average Bonchev–Trinajstić information content (AvgIpc) is 3.13. The number of anilines is 1. The van der Waals surface area contributed by atoms with Crippen LogP contribution in [0.3, 0.4) is 0 Å². The van der Waals surface area contributed by atoms with E-state index in [1.54, 1.807) is 0 Å². The standard InChI is InChI=1S/C13H18N2S/c1-4-13-12(15-7-8-16-13)9-10(1)5-6-14-11-2-3-11/h1,4,9,11,14-15H,2-3,5-8H2. The third kappa shape index (κ3) is 2.53. The molecule has 1 heterocycles. The molecule has 0 bridgehead atoms. The highest BCUT2D eigenvalue weighted by Gasteiger charge is 2.19. The fourth-order valence-corrected chi connectivity index (χ4v) is 2.93. The highest BCUT2D eigenvalue weighted by molar-refractivity contribution is 7.99. The van der Waals surface area contributed by atoms with E-state index >= 15 is 0 Å². The van der Waals surface area contributed by atoms with Gasteiger partial charge in [-0.25, -0.2) is 0 Å². The van der Waals surface area contributed by atoms with E-state index in [1.807, 2.05) is 11.8 Å². The van der Waals surface area contributed by atoms with Crippen LogP contribution in [0.4, 0.5) is 5.69 Å². The fraction of sp³-hybridized carbons (Fsp3) is 0.538. The summed E-state index contributed by atoms with van der Waals surface area (Å²) in [5, 5.41) is 7.03. The first-order chi connectivity index (χ1) is 7.92. The van der Waals surface area contributed by atoms with Crippen LogP contribution in [0.15, 0.2) is 23.1 Å². The van der Waals surface area contributed by atoms with Crippen LogP contribution in [0.25, 0.3) is 0 Å². The minimum Gasteiger partial charge on any atom is -0.383 e. The molecule has 0 amide bonds. The van der Waals surface area contributed by atoms with Gasteiger partial charge in [-0.3, -0.25) is 0 Å². The minimum absolute atomic E-state index is 0.825. The highest BCUT2D eigenvalue weighted by atomic mass is 32.2. The Morgan fingerprint density at radius 3 is 3.19 bits per heavy atom. The van der Waals surface area contributed by atoms with E-state index in [0.717, 1.165) is 25.6 Å². The molecule has 1 aromatic rings. The van der Waals surface area contributed by atoms with Crippen LogP contribution in [-0.4, -0.2) is 24.9 Å². The summed E-state index contributed by atoms with van der Waals surface area (Å²) in [7, 11) is 0. The van der Waals surface area contributed by atoms with Crippen LogP contribution in [0, 0.1) is 0 Å². The van der Waals surface area contributed by atoms with Crippen LogP contribution in [0.5, 0.6) is 0 Å². The van der Waals surface area contributed by atoms with Crippen molar-refractivity contribution in [1.29, 1.82) is 0 Å². The molecular formula is C13H18N2S. The van der Waals surface area contributed by atoms with Gasteiger partial charge in [0.05, 0.1) is 0 Å². The zero-order valence-electron chi connectivity index (χ0n) is 9.46. The van der Waals surface area contributed by atoms with Crippen molar-refractivity contribution in [2.75, 3.05) is 24.2 Å². The number of rotatable bonds is 4. The summed E-state index contributed by atoms with van der Waals surface area (Å²) in [6, 6.07) is 7.67. The topological polar surface area (TPSA) is 24.1 Å². The molecule has 0 aromatic heterocycles.